The predicted octanol–water partition coefficient (Wildman–Crippen LogP) is 3.03. The number of rotatable bonds is 3. The number of hydrogen-bond donors (Lipinski definition) is 2. The fourth-order valence-electron chi connectivity index (χ4n) is 3.18. The lowest BCUT2D eigenvalue weighted by atomic mass is 9.70. The van der Waals surface area contributed by atoms with E-state index in [0.717, 1.165) is 17.7 Å². The van der Waals surface area contributed by atoms with Gasteiger partial charge in [0.1, 0.15) is 5.60 Å². The van der Waals surface area contributed by atoms with Gasteiger partial charge in [0, 0.05) is 21.7 Å². The largest absolute Gasteiger partial charge is 0.384 e. The molecule has 1 aromatic heterocycles. The molecule has 1 heterocycles. The molecule has 17 heavy (non-hydrogen) atoms. The molecule has 3 unspecified atom stereocenters. The van der Waals surface area contributed by atoms with Gasteiger partial charge in [0.2, 0.25) is 0 Å². The Labute approximate surface area is 108 Å². The highest BCUT2D eigenvalue weighted by atomic mass is 32.1. The van der Waals surface area contributed by atoms with Gasteiger partial charge in [-0.25, -0.2) is 0 Å². The van der Waals surface area contributed by atoms with Gasteiger partial charge in [-0.15, -0.1) is 11.3 Å². The van der Waals surface area contributed by atoms with Crippen LogP contribution < -0.4 is 5.73 Å². The van der Waals surface area contributed by atoms with Crippen molar-refractivity contribution in [3.05, 3.63) is 21.9 Å². The van der Waals surface area contributed by atoms with Crippen LogP contribution in [0.3, 0.4) is 0 Å². The van der Waals surface area contributed by atoms with Gasteiger partial charge in [0.15, 0.2) is 0 Å². The van der Waals surface area contributed by atoms with E-state index in [9.17, 15) is 5.11 Å². The van der Waals surface area contributed by atoms with Crippen LogP contribution in [-0.2, 0) is 5.60 Å². The Hall–Kier alpha value is -0.380. The Kier molecular flexibility index (Phi) is 3.36. The standard InChI is InChI=1S/C14H23NOS/c1-10-6-7-14(8-10,9-15)13(3,16)12-5-4-11(2)17-12/h4-5,10,16H,6-9,15H2,1-3H3. The van der Waals surface area contributed by atoms with Crippen molar-refractivity contribution < 1.29 is 5.11 Å². The molecule has 0 saturated heterocycles. The van der Waals surface area contributed by atoms with Crippen LogP contribution in [0.25, 0.3) is 0 Å². The van der Waals surface area contributed by atoms with E-state index in [-0.39, 0.29) is 5.41 Å². The van der Waals surface area contributed by atoms with E-state index in [0.29, 0.717) is 12.5 Å². The van der Waals surface area contributed by atoms with E-state index in [1.165, 1.54) is 11.3 Å². The molecule has 0 radical (unpaired) electrons. The predicted molar refractivity (Wildman–Crippen MR) is 73.1 cm³/mol. The van der Waals surface area contributed by atoms with E-state index in [4.69, 9.17) is 5.73 Å². The van der Waals surface area contributed by atoms with E-state index >= 15 is 0 Å². The Morgan fingerprint density at radius 3 is 2.71 bits per heavy atom. The topological polar surface area (TPSA) is 46.2 Å². The lowest BCUT2D eigenvalue weighted by molar-refractivity contribution is -0.0682. The molecule has 3 N–H and O–H groups in total. The van der Waals surface area contributed by atoms with Gasteiger partial charge >= 0.3 is 0 Å². The zero-order valence-corrected chi connectivity index (χ0v) is 11.8. The third-order valence-corrected chi connectivity index (χ3v) is 5.71. The number of aryl methyl sites for hydroxylation is 1. The summed E-state index contributed by atoms with van der Waals surface area (Å²) in [6, 6.07) is 4.14. The monoisotopic (exact) mass is 253 g/mol. The molecule has 2 nitrogen and oxygen atoms in total. The molecule has 96 valence electrons. The van der Waals surface area contributed by atoms with Gasteiger partial charge in [-0.2, -0.15) is 0 Å². The van der Waals surface area contributed by atoms with E-state index in [1.807, 2.05) is 6.92 Å². The van der Waals surface area contributed by atoms with Crippen LogP contribution in [0, 0.1) is 18.3 Å². The quantitative estimate of drug-likeness (QED) is 0.870. The number of nitrogens with two attached hydrogens (primary N) is 1. The van der Waals surface area contributed by atoms with E-state index in [2.05, 4.69) is 26.0 Å². The minimum atomic E-state index is -0.786. The number of thiophene rings is 1. The van der Waals surface area contributed by atoms with Crippen molar-refractivity contribution >= 4 is 11.3 Å². The van der Waals surface area contributed by atoms with Crippen molar-refractivity contribution in [1.29, 1.82) is 0 Å². The van der Waals surface area contributed by atoms with Crippen molar-refractivity contribution in [2.24, 2.45) is 17.1 Å². The first-order valence-electron chi connectivity index (χ1n) is 6.41. The summed E-state index contributed by atoms with van der Waals surface area (Å²) < 4.78 is 0. The van der Waals surface area contributed by atoms with Crippen LogP contribution in [0.4, 0.5) is 0 Å². The lowest BCUT2D eigenvalue weighted by Crippen LogP contribution is -2.46. The minimum Gasteiger partial charge on any atom is -0.384 e. The van der Waals surface area contributed by atoms with Crippen molar-refractivity contribution in [2.45, 2.75) is 45.6 Å². The summed E-state index contributed by atoms with van der Waals surface area (Å²) in [5, 5.41) is 11.0. The third kappa shape index (κ3) is 2.05. The fourth-order valence-corrected chi connectivity index (χ4v) is 4.21. The van der Waals surface area contributed by atoms with E-state index < -0.39 is 5.60 Å². The average molecular weight is 253 g/mol. The normalized spacial score (nSPS) is 32.6. The summed E-state index contributed by atoms with van der Waals surface area (Å²) in [5.41, 5.74) is 5.08. The molecule has 3 heteroatoms. The molecular weight excluding hydrogens is 230 g/mol. The molecular formula is C14H23NOS. The van der Waals surface area contributed by atoms with Crippen molar-refractivity contribution in [3.63, 3.8) is 0 Å². The lowest BCUT2D eigenvalue weighted by Gasteiger charge is -2.42. The Bertz CT molecular complexity index is 399. The number of hydrogen-bond acceptors (Lipinski definition) is 3. The van der Waals surface area contributed by atoms with Crippen molar-refractivity contribution in [1.82, 2.24) is 0 Å². The first-order valence-corrected chi connectivity index (χ1v) is 7.22. The second kappa shape index (κ2) is 4.38. The Morgan fingerprint density at radius 2 is 2.29 bits per heavy atom. The molecule has 2 rings (SSSR count). The Balaban J connectivity index is 2.36. The smallest absolute Gasteiger partial charge is 0.103 e. The minimum absolute atomic E-state index is 0.135. The molecule has 3 atom stereocenters. The number of aliphatic hydroxyl groups is 1. The molecule has 1 saturated carbocycles. The molecule has 0 spiro atoms. The van der Waals surface area contributed by atoms with Gasteiger partial charge in [-0.3, -0.25) is 0 Å². The first kappa shape index (κ1) is 13.1. The highest BCUT2D eigenvalue weighted by Crippen LogP contribution is 2.53. The van der Waals surface area contributed by atoms with Crippen LogP contribution >= 0.6 is 11.3 Å². The summed E-state index contributed by atoms with van der Waals surface area (Å²) in [5.74, 6) is 0.672. The maximum atomic E-state index is 11.0. The summed E-state index contributed by atoms with van der Waals surface area (Å²) in [6.07, 6.45) is 3.25. The molecule has 0 bridgehead atoms. The first-order chi connectivity index (χ1) is 7.91. The molecule has 1 aliphatic rings. The molecule has 0 amide bonds. The van der Waals surface area contributed by atoms with Crippen LogP contribution in [-0.4, -0.2) is 11.7 Å². The molecule has 0 aliphatic heterocycles. The average Bonchev–Trinajstić information content (AvgIpc) is 2.86. The van der Waals surface area contributed by atoms with Gasteiger partial charge in [0.25, 0.3) is 0 Å². The Morgan fingerprint density at radius 1 is 1.59 bits per heavy atom. The van der Waals surface area contributed by atoms with Gasteiger partial charge in [0.05, 0.1) is 0 Å². The maximum absolute atomic E-state index is 11.0. The summed E-state index contributed by atoms with van der Waals surface area (Å²) in [7, 11) is 0. The van der Waals surface area contributed by atoms with Crippen LogP contribution in [0.15, 0.2) is 12.1 Å². The summed E-state index contributed by atoms with van der Waals surface area (Å²) >= 11 is 1.69. The van der Waals surface area contributed by atoms with Crippen molar-refractivity contribution in [3.8, 4) is 0 Å². The third-order valence-electron chi connectivity index (χ3n) is 4.50. The van der Waals surface area contributed by atoms with Crippen molar-refractivity contribution in [2.75, 3.05) is 6.54 Å². The van der Waals surface area contributed by atoms with Crippen LogP contribution in [0.1, 0.15) is 42.9 Å². The second-order valence-corrected chi connectivity index (χ2v) is 7.10. The molecule has 0 aromatic carbocycles. The maximum Gasteiger partial charge on any atom is 0.103 e. The highest BCUT2D eigenvalue weighted by Gasteiger charge is 2.51. The fraction of sp³-hybridized carbons (Fsp3) is 0.714. The van der Waals surface area contributed by atoms with E-state index in [1.54, 1.807) is 11.3 Å². The zero-order chi connectivity index (χ0) is 12.7. The summed E-state index contributed by atoms with van der Waals surface area (Å²) in [6.45, 7) is 6.86. The van der Waals surface area contributed by atoms with Crippen LogP contribution in [0.5, 0.6) is 0 Å². The molecule has 1 aliphatic carbocycles. The second-order valence-electron chi connectivity index (χ2n) is 5.81. The molecule has 1 fully saturated rings. The zero-order valence-electron chi connectivity index (χ0n) is 11.0. The van der Waals surface area contributed by atoms with Gasteiger partial charge in [-0.1, -0.05) is 6.92 Å². The van der Waals surface area contributed by atoms with Gasteiger partial charge in [-0.05, 0) is 51.2 Å². The SMILES string of the molecule is Cc1ccc(C(C)(O)C2(CN)CCC(C)C2)s1. The van der Waals surface area contributed by atoms with Crippen LogP contribution in [0.2, 0.25) is 0 Å². The highest BCUT2D eigenvalue weighted by molar-refractivity contribution is 7.12. The summed E-state index contributed by atoms with van der Waals surface area (Å²) in [4.78, 5) is 2.31. The molecule has 1 aromatic rings. The van der Waals surface area contributed by atoms with Gasteiger partial charge < -0.3 is 10.8 Å².